The molecule has 1 N–H and O–H groups in total. The molecule has 1 saturated heterocycles. The van der Waals surface area contributed by atoms with Gasteiger partial charge in [-0.3, -0.25) is 4.79 Å². The van der Waals surface area contributed by atoms with Crippen molar-refractivity contribution in [3.63, 3.8) is 0 Å². The normalized spacial score (nSPS) is 15.1. The molecular formula is C26H27ClN4O. The first-order valence-electron chi connectivity index (χ1n) is 10.8. The Kier molecular flexibility index (Phi) is 7.07. The summed E-state index contributed by atoms with van der Waals surface area (Å²) in [5.41, 5.74) is 3.16. The van der Waals surface area contributed by atoms with Gasteiger partial charge in [-0.25, -0.2) is 4.98 Å². The number of anilines is 2. The van der Waals surface area contributed by atoms with Crippen LogP contribution < -0.4 is 15.1 Å². The zero-order chi connectivity index (χ0) is 22.3. The fraction of sp³-hybridized carbons (Fsp3) is 0.231. The van der Waals surface area contributed by atoms with Crippen molar-refractivity contribution < 1.29 is 4.79 Å². The van der Waals surface area contributed by atoms with E-state index in [1.54, 1.807) is 12.2 Å². The van der Waals surface area contributed by atoms with Crippen LogP contribution in [-0.2, 0) is 4.79 Å². The van der Waals surface area contributed by atoms with Gasteiger partial charge >= 0.3 is 0 Å². The van der Waals surface area contributed by atoms with Gasteiger partial charge in [-0.15, -0.1) is 0 Å². The molecule has 4 rings (SSSR count). The van der Waals surface area contributed by atoms with E-state index >= 15 is 0 Å². The van der Waals surface area contributed by atoms with Gasteiger partial charge in [-0.1, -0.05) is 41.9 Å². The zero-order valence-corrected chi connectivity index (χ0v) is 18.9. The lowest BCUT2D eigenvalue weighted by Gasteiger charge is -2.37. The minimum Gasteiger partial charge on any atom is -0.368 e. The van der Waals surface area contributed by atoms with E-state index in [1.807, 2.05) is 49.5 Å². The monoisotopic (exact) mass is 446 g/mol. The first-order chi connectivity index (χ1) is 15.6. The number of rotatable bonds is 6. The predicted molar refractivity (Wildman–Crippen MR) is 132 cm³/mol. The van der Waals surface area contributed by atoms with Crippen LogP contribution in [0.3, 0.4) is 0 Å². The summed E-state index contributed by atoms with van der Waals surface area (Å²) in [7, 11) is 0. The molecule has 2 heterocycles. The Morgan fingerprint density at radius 1 is 1.00 bits per heavy atom. The van der Waals surface area contributed by atoms with Gasteiger partial charge in [0.15, 0.2) is 0 Å². The van der Waals surface area contributed by atoms with Crippen molar-refractivity contribution in [1.82, 2.24) is 10.3 Å². The smallest absolute Gasteiger partial charge is 0.244 e. The van der Waals surface area contributed by atoms with E-state index in [2.05, 4.69) is 50.4 Å². The summed E-state index contributed by atoms with van der Waals surface area (Å²) in [5.74, 6) is 0.898. The largest absolute Gasteiger partial charge is 0.368 e. The van der Waals surface area contributed by atoms with Crippen LogP contribution in [-0.4, -0.2) is 37.1 Å². The summed E-state index contributed by atoms with van der Waals surface area (Å²) < 4.78 is 0. The maximum absolute atomic E-state index is 12.4. The Balaban J connectivity index is 1.34. The number of piperazine rings is 1. The van der Waals surface area contributed by atoms with Crippen LogP contribution in [0.1, 0.15) is 24.1 Å². The Labute approximate surface area is 194 Å². The molecule has 1 aliphatic rings. The molecule has 1 atom stereocenters. The van der Waals surface area contributed by atoms with Gasteiger partial charge < -0.3 is 15.1 Å². The predicted octanol–water partition coefficient (Wildman–Crippen LogP) is 4.95. The number of halogens is 1. The third-order valence-corrected chi connectivity index (χ3v) is 5.86. The molecule has 0 saturated carbocycles. The molecule has 0 spiro atoms. The SMILES string of the molecule is C[C@H](NC(=O)/C=C/c1cccc(Cl)c1)c1cccc(N2CCN(c3ccccn3)CC2)c1. The molecule has 0 radical (unpaired) electrons. The van der Waals surface area contributed by atoms with Gasteiger partial charge in [-0.05, 0) is 60.5 Å². The highest BCUT2D eigenvalue weighted by Crippen LogP contribution is 2.23. The third-order valence-electron chi connectivity index (χ3n) is 5.62. The molecule has 0 unspecified atom stereocenters. The van der Waals surface area contributed by atoms with Crippen molar-refractivity contribution in [2.45, 2.75) is 13.0 Å². The second kappa shape index (κ2) is 10.3. The number of amides is 1. The summed E-state index contributed by atoms with van der Waals surface area (Å²) in [6.45, 7) is 5.74. The van der Waals surface area contributed by atoms with Crippen LogP contribution in [0, 0.1) is 0 Å². The van der Waals surface area contributed by atoms with Gasteiger partial charge in [-0.2, -0.15) is 0 Å². The summed E-state index contributed by atoms with van der Waals surface area (Å²) in [4.78, 5) is 21.5. The molecule has 1 amide bonds. The fourth-order valence-corrected chi connectivity index (χ4v) is 4.05. The summed E-state index contributed by atoms with van der Waals surface area (Å²) in [6.07, 6.45) is 5.15. The van der Waals surface area contributed by atoms with Gasteiger partial charge in [0.2, 0.25) is 5.91 Å². The molecule has 2 aromatic carbocycles. The van der Waals surface area contributed by atoms with Crippen molar-refractivity contribution in [2.24, 2.45) is 0 Å². The molecule has 164 valence electrons. The number of carbonyl (C=O) groups excluding carboxylic acids is 1. The number of hydrogen-bond acceptors (Lipinski definition) is 4. The second-order valence-electron chi connectivity index (χ2n) is 7.88. The standard InChI is InChI=1S/C26H27ClN4O/c1-20(29-26(32)12-11-21-6-4-8-23(27)18-21)22-7-5-9-24(19-22)30-14-16-31(17-15-30)25-10-2-3-13-28-25/h2-13,18-20H,14-17H2,1H3,(H,29,32)/b12-11+/t20-/m0/s1. The highest BCUT2D eigenvalue weighted by Gasteiger charge is 2.19. The summed E-state index contributed by atoms with van der Waals surface area (Å²) in [6, 6.07) is 21.8. The lowest BCUT2D eigenvalue weighted by molar-refractivity contribution is -0.117. The van der Waals surface area contributed by atoms with Crippen LogP contribution in [0.25, 0.3) is 6.08 Å². The van der Waals surface area contributed by atoms with E-state index in [9.17, 15) is 4.79 Å². The van der Waals surface area contributed by atoms with E-state index in [-0.39, 0.29) is 11.9 Å². The van der Waals surface area contributed by atoms with Crippen LogP contribution in [0.4, 0.5) is 11.5 Å². The average Bonchev–Trinajstić information content (AvgIpc) is 2.83. The second-order valence-corrected chi connectivity index (χ2v) is 8.31. The van der Waals surface area contributed by atoms with E-state index in [0.29, 0.717) is 5.02 Å². The van der Waals surface area contributed by atoms with Gasteiger partial charge in [0.25, 0.3) is 0 Å². The van der Waals surface area contributed by atoms with Crippen molar-refractivity contribution in [3.05, 3.63) is 95.2 Å². The minimum absolute atomic E-state index is 0.0960. The highest BCUT2D eigenvalue weighted by molar-refractivity contribution is 6.30. The average molecular weight is 447 g/mol. The molecule has 1 aromatic heterocycles. The van der Waals surface area contributed by atoms with Crippen molar-refractivity contribution in [3.8, 4) is 0 Å². The first-order valence-corrected chi connectivity index (χ1v) is 11.2. The van der Waals surface area contributed by atoms with E-state index in [0.717, 1.165) is 43.1 Å². The topological polar surface area (TPSA) is 48.5 Å². The van der Waals surface area contributed by atoms with Gasteiger partial charge in [0.1, 0.15) is 5.82 Å². The lowest BCUT2D eigenvalue weighted by Crippen LogP contribution is -2.46. The van der Waals surface area contributed by atoms with Crippen LogP contribution in [0.2, 0.25) is 5.02 Å². The number of hydrogen-bond donors (Lipinski definition) is 1. The number of nitrogens with zero attached hydrogens (tertiary/aromatic N) is 3. The number of nitrogens with one attached hydrogen (secondary N) is 1. The quantitative estimate of drug-likeness (QED) is 0.544. The highest BCUT2D eigenvalue weighted by atomic mass is 35.5. The van der Waals surface area contributed by atoms with E-state index in [1.165, 1.54) is 5.69 Å². The maximum Gasteiger partial charge on any atom is 0.244 e. The Morgan fingerprint density at radius 3 is 2.53 bits per heavy atom. The first kappa shape index (κ1) is 21.9. The molecule has 5 nitrogen and oxygen atoms in total. The maximum atomic E-state index is 12.4. The number of carbonyl (C=O) groups is 1. The number of pyridine rings is 1. The van der Waals surface area contributed by atoms with Crippen molar-refractivity contribution in [1.29, 1.82) is 0 Å². The molecule has 0 aliphatic carbocycles. The Morgan fingerprint density at radius 2 is 1.78 bits per heavy atom. The minimum atomic E-state index is -0.133. The Bertz CT molecular complexity index is 1080. The Hall–Kier alpha value is -3.31. The zero-order valence-electron chi connectivity index (χ0n) is 18.1. The van der Waals surface area contributed by atoms with Crippen molar-refractivity contribution in [2.75, 3.05) is 36.0 Å². The molecule has 1 fully saturated rings. The molecule has 6 heteroatoms. The van der Waals surface area contributed by atoms with Crippen LogP contribution in [0.15, 0.2) is 79.0 Å². The van der Waals surface area contributed by atoms with Crippen molar-refractivity contribution >= 4 is 35.1 Å². The van der Waals surface area contributed by atoms with Crippen LogP contribution in [0.5, 0.6) is 0 Å². The van der Waals surface area contributed by atoms with Gasteiger partial charge in [0, 0.05) is 49.2 Å². The molecular weight excluding hydrogens is 420 g/mol. The third kappa shape index (κ3) is 5.68. The number of benzene rings is 2. The molecule has 32 heavy (non-hydrogen) atoms. The lowest BCUT2D eigenvalue weighted by atomic mass is 10.1. The molecule has 0 bridgehead atoms. The van der Waals surface area contributed by atoms with E-state index < -0.39 is 0 Å². The van der Waals surface area contributed by atoms with Gasteiger partial charge in [0.05, 0.1) is 6.04 Å². The number of aromatic nitrogens is 1. The molecule has 3 aromatic rings. The van der Waals surface area contributed by atoms with E-state index in [4.69, 9.17) is 11.6 Å². The fourth-order valence-electron chi connectivity index (χ4n) is 3.85. The summed E-state index contributed by atoms with van der Waals surface area (Å²) in [5, 5.41) is 3.70. The van der Waals surface area contributed by atoms with Crippen LogP contribution >= 0.6 is 11.6 Å². The molecule has 1 aliphatic heterocycles. The summed E-state index contributed by atoms with van der Waals surface area (Å²) >= 11 is 6.00.